The summed E-state index contributed by atoms with van der Waals surface area (Å²) in [7, 11) is 0. The lowest BCUT2D eigenvalue weighted by Crippen LogP contribution is -2.37. The monoisotopic (exact) mass is 405 g/mol. The molecular weight excluding hydrogens is 382 g/mol. The Bertz CT molecular complexity index is 1480. The van der Waals surface area contributed by atoms with E-state index in [9.17, 15) is 4.79 Å². The Morgan fingerprint density at radius 1 is 0.774 bits per heavy atom. The molecule has 4 nitrogen and oxygen atoms in total. The van der Waals surface area contributed by atoms with Gasteiger partial charge in [0.2, 0.25) is 0 Å². The van der Waals surface area contributed by atoms with Gasteiger partial charge in [-0.1, -0.05) is 55.5 Å². The minimum Gasteiger partial charge on any atom is -0.339 e. The van der Waals surface area contributed by atoms with Gasteiger partial charge in [-0.2, -0.15) is 0 Å². The highest BCUT2D eigenvalue weighted by molar-refractivity contribution is 6.23. The number of rotatable bonds is 1. The smallest absolute Gasteiger partial charge is 0.253 e. The number of benzene rings is 4. The van der Waals surface area contributed by atoms with Crippen LogP contribution in [0.3, 0.4) is 0 Å². The third-order valence-electron chi connectivity index (χ3n) is 6.64. The zero-order chi connectivity index (χ0) is 20.9. The molecule has 0 N–H and O–H groups in total. The number of carbonyl (C=O) groups is 1. The minimum atomic E-state index is 0.0964. The summed E-state index contributed by atoms with van der Waals surface area (Å²) in [5, 5.41) is 4.56. The maximum absolute atomic E-state index is 13.1. The van der Waals surface area contributed by atoms with Crippen molar-refractivity contribution in [2.75, 3.05) is 13.1 Å². The van der Waals surface area contributed by atoms with Gasteiger partial charge in [-0.3, -0.25) is 4.79 Å². The molecule has 0 saturated carbocycles. The summed E-state index contributed by atoms with van der Waals surface area (Å²) < 4.78 is 0. The highest BCUT2D eigenvalue weighted by atomic mass is 16.2. The average Bonchev–Trinajstić information content (AvgIpc) is 2.83. The molecule has 0 bridgehead atoms. The van der Waals surface area contributed by atoms with E-state index in [4.69, 9.17) is 9.97 Å². The fourth-order valence-electron chi connectivity index (χ4n) is 4.81. The van der Waals surface area contributed by atoms with Gasteiger partial charge in [-0.05, 0) is 47.7 Å². The van der Waals surface area contributed by atoms with Crippen molar-refractivity contribution in [1.82, 2.24) is 14.9 Å². The van der Waals surface area contributed by atoms with E-state index < -0.39 is 0 Å². The number of amides is 1. The number of hydrogen-bond donors (Lipinski definition) is 0. The van der Waals surface area contributed by atoms with Crippen LogP contribution in [0.2, 0.25) is 0 Å². The van der Waals surface area contributed by atoms with Crippen LogP contribution in [-0.2, 0) is 0 Å². The molecule has 1 aromatic heterocycles. The number of hydrogen-bond acceptors (Lipinski definition) is 3. The Morgan fingerprint density at radius 3 is 1.94 bits per heavy atom. The zero-order valence-corrected chi connectivity index (χ0v) is 17.5. The number of nitrogens with zero attached hydrogens (tertiary/aromatic N) is 3. The van der Waals surface area contributed by atoms with Crippen molar-refractivity contribution < 1.29 is 4.79 Å². The van der Waals surface area contributed by atoms with E-state index in [1.807, 2.05) is 35.2 Å². The van der Waals surface area contributed by atoms with Gasteiger partial charge in [0.25, 0.3) is 5.91 Å². The predicted octanol–water partition coefficient (Wildman–Crippen LogP) is 5.96. The van der Waals surface area contributed by atoms with Gasteiger partial charge >= 0.3 is 0 Å². The summed E-state index contributed by atoms with van der Waals surface area (Å²) in [6.45, 7) is 3.92. The molecule has 4 heteroatoms. The molecule has 4 aromatic carbocycles. The second-order valence-corrected chi connectivity index (χ2v) is 8.69. The van der Waals surface area contributed by atoms with Gasteiger partial charge in [0.15, 0.2) is 0 Å². The Labute approximate surface area is 180 Å². The first-order valence-corrected chi connectivity index (χ1v) is 11.0. The lowest BCUT2D eigenvalue weighted by molar-refractivity contribution is 0.0697. The highest BCUT2D eigenvalue weighted by Gasteiger charge is 2.22. The second kappa shape index (κ2) is 7.02. The average molecular weight is 406 g/mol. The van der Waals surface area contributed by atoms with Crippen LogP contribution in [0, 0.1) is 5.92 Å². The molecule has 1 amide bonds. The van der Waals surface area contributed by atoms with Crippen molar-refractivity contribution in [3.63, 3.8) is 0 Å². The SMILES string of the molecule is CC1CCN(C(=O)c2ccc3nc4c5ccccc5c5ccccc5c4nc3c2)CC1. The summed E-state index contributed by atoms with van der Waals surface area (Å²) in [5.74, 6) is 0.792. The predicted molar refractivity (Wildman–Crippen MR) is 126 cm³/mol. The highest BCUT2D eigenvalue weighted by Crippen LogP contribution is 2.34. The van der Waals surface area contributed by atoms with Gasteiger partial charge in [-0.15, -0.1) is 0 Å². The van der Waals surface area contributed by atoms with Crippen molar-refractivity contribution in [3.8, 4) is 0 Å². The van der Waals surface area contributed by atoms with Crippen molar-refractivity contribution >= 4 is 49.5 Å². The van der Waals surface area contributed by atoms with Crippen molar-refractivity contribution in [2.24, 2.45) is 5.92 Å². The Morgan fingerprint density at radius 2 is 1.32 bits per heavy atom. The molecule has 1 saturated heterocycles. The van der Waals surface area contributed by atoms with Gasteiger partial charge < -0.3 is 4.90 Å². The molecule has 1 aliphatic rings. The van der Waals surface area contributed by atoms with Crippen LogP contribution >= 0.6 is 0 Å². The summed E-state index contributed by atoms with van der Waals surface area (Å²) >= 11 is 0. The fraction of sp³-hybridized carbons (Fsp3) is 0.222. The first kappa shape index (κ1) is 18.3. The molecular formula is C27H23N3O. The molecule has 0 spiro atoms. The largest absolute Gasteiger partial charge is 0.339 e. The molecule has 0 atom stereocenters. The van der Waals surface area contributed by atoms with E-state index in [0.29, 0.717) is 11.5 Å². The third kappa shape index (κ3) is 2.94. The van der Waals surface area contributed by atoms with Crippen LogP contribution in [-0.4, -0.2) is 33.9 Å². The number of carbonyl (C=O) groups excluding carboxylic acids is 1. The zero-order valence-electron chi connectivity index (χ0n) is 17.5. The van der Waals surface area contributed by atoms with E-state index in [-0.39, 0.29) is 5.91 Å². The maximum Gasteiger partial charge on any atom is 0.253 e. The summed E-state index contributed by atoms with van der Waals surface area (Å²) in [5.41, 5.74) is 4.07. The molecule has 0 unspecified atom stereocenters. The first-order chi connectivity index (χ1) is 15.2. The van der Waals surface area contributed by atoms with Crippen LogP contribution in [0.5, 0.6) is 0 Å². The maximum atomic E-state index is 13.1. The molecule has 1 aliphatic heterocycles. The van der Waals surface area contributed by atoms with E-state index >= 15 is 0 Å². The van der Waals surface area contributed by atoms with Crippen LogP contribution in [0.1, 0.15) is 30.1 Å². The number of likely N-dealkylation sites (tertiary alicyclic amines) is 1. The molecule has 5 aromatic rings. The van der Waals surface area contributed by atoms with Gasteiger partial charge in [0.05, 0.1) is 22.1 Å². The van der Waals surface area contributed by atoms with Crippen LogP contribution in [0.4, 0.5) is 0 Å². The van der Waals surface area contributed by atoms with E-state index in [0.717, 1.165) is 58.8 Å². The number of fused-ring (bicyclic) bond motifs is 7. The van der Waals surface area contributed by atoms with E-state index in [1.165, 1.54) is 10.8 Å². The van der Waals surface area contributed by atoms with Gasteiger partial charge in [0.1, 0.15) is 0 Å². The lowest BCUT2D eigenvalue weighted by atomic mass is 9.98. The summed E-state index contributed by atoms with van der Waals surface area (Å²) in [4.78, 5) is 25.1. The first-order valence-electron chi connectivity index (χ1n) is 11.0. The van der Waals surface area contributed by atoms with Crippen molar-refractivity contribution in [2.45, 2.75) is 19.8 Å². The minimum absolute atomic E-state index is 0.0964. The fourth-order valence-corrected chi connectivity index (χ4v) is 4.81. The number of aromatic nitrogens is 2. The molecule has 2 heterocycles. The van der Waals surface area contributed by atoms with Crippen molar-refractivity contribution in [3.05, 3.63) is 72.3 Å². The van der Waals surface area contributed by atoms with Crippen LogP contribution in [0.25, 0.3) is 43.6 Å². The quantitative estimate of drug-likeness (QED) is 0.255. The summed E-state index contributed by atoms with van der Waals surface area (Å²) in [6.07, 6.45) is 2.14. The molecule has 152 valence electrons. The normalized spacial score (nSPS) is 15.3. The summed E-state index contributed by atoms with van der Waals surface area (Å²) in [6, 6.07) is 22.5. The Hall–Kier alpha value is -3.53. The van der Waals surface area contributed by atoms with Gasteiger partial charge in [-0.25, -0.2) is 9.97 Å². The van der Waals surface area contributed by atoms with E-state index in [2.05, 4.69) is 43.3 Å². The third-order valence-corrected chi connectivity index (χ3v) is 6.64. The lowest BCUT2D eigenvalue weighted by Gasteiger charge is -2.30. The van der Waals surface area contributed by atoms with Crippen molar-refractivity contribution in [1.29, 1.82) is 0 Å². The second-order valence-electron chi connectivity index (χ2n) is 8.69. The Balaban J connectivity index is 1.56. The molecule has 0 radical (unpaired) electrons. The molecule has 6 rings (SSSR count). The topological polar surface area (TPSA) is 46.1 Å². The molecule has 31 heavy (non-hydrogen) atoms. The molecule has 0 aliphatic carbocycles. The van der Waals surface area contributed by atoms with E-state index in [1.54, 1.807) is 0 Å². The van der Waals surface area contributed by atoms with Crippen LogP contribution in [0.15, 0.2) is 66.7 Å². The Kier molecular flexibility index (Phi) is 4.13. The number of piperidine rings is 1. The van der Waals surface area contributed by atoms with Crippen LogP contribution < -0.4 is 0 Å². The standard InChI is InChI=1S/C27H23N3O/c1-17-12-14-30(15-13-17)27(31)18-10-11-23-24(16-18)29-26-22-9-5-3-7-20(22)19-6-2-4-8-21(19)25(26)28-23/h2-11,16-17H,12-15H2,1H3. The van der Waals surface area contributed by atoms with Gasteiger partial charge in [0, 0.05) is 29.4 Å². The molecule has 1 fully saturated rings.